The van der Waals surface area contributed by atoms with Crippen molar-refractivity contribution in [2.45, 2.75) is 52.0 Å². The second-order valence-electron chi connectivity index (χ2n) is 8.49. The number of nitrogens with zero attached hydrogens (tertiary/aromatic N) is 2. The summed E-state index contributed by atoms with van der Waals surface area (Å²) in [5, 5.41) is 8.36. The third-order valence-corrected chi connectivity index (χ3v) is 5.99. The maximum absolute atomic E-state index is 12.3. The van der Waals surface area contributed by atoms with Crippen LogP contribution in [0.25, 0.3) is 0 Å². The Bertz CT molecular complexity index is 931. The number of benzene rings is 1. The fraction of sp³-hybridized carbons (Fsp3) is 0.455. The second-order valence-corrected chi connectivity index (χ2v) is 9.38. The fourth-order valence-corrected chi connectivity index (χ4v) is 4.21. The molecule has 0 aliphatic carbocycles. The van der Waals surface area contributed by atoms with Crippen molar-refractivity contribution in [1.29, 1.82) is 0 Å². The Morgan fingerprint density at radius 2 is 1.93 bits per heavy atom. The highest BCUT2D eigenvalue weighted by atomic mass is 32.1. The normalized spacial score (nSPS) is 15.2. The Morgan fingerprint density at radius 3 is 2.50 bits per heavy atom. The smallest absolute Gasteiger partial charge is 0.251 e. The van der Waals surface area contributed by atoms with Crippen LogP contribution in [-0.4, -0.2) is 35.8 Å². The first kappa shape index (κ1) is 22.0. The molecule has 1 atom stereocenters. The monoisotopic (exact) mass is 428 g/mol. The largest absolute Gasteiger partial charge is 0.346 e. The van der Waals surface area contributed by atoms with Gasteiger partial charge in [-0.15, -0.1) is 11.3 Å². The van der Waals surface area contributed by atoms with Crippen LogP contribution < -0.4 is 15.5 Å². The minimum absolute atomic E-state index is 0.0376. The van der Waals surface area contributed by atoms with Crippen molar-refractivity contribution in [2.24, 2.45) is 0 Å². The molecule has 1 fully saturated rings. The average Bonchev–Trinajstić information content (AvgIpc) is 3.35. The molecular formula is C22H28N4O3S. The summed E-state index contributed by atoms with van der Waals surface area (Å²) in [6, 6.07) is 6.62. The van der Waals surface area contributed by atoms with E-state index >= 15 is 0 Å². The van der Waals surface area contributed by atoms with Gasteiger partial charge in [0.25, 0.3) is 5.91 Å². The van der Waals surface area contributed by atoms with Crippen molar-refractivity contribution in [3.05, 3.63) is 45.9 Å². The molecule has 7 nitrogen and oxygen atoms in total. The molecule has 1 aliphatic rings. The molecule has 0 spiro atoms. The quantitative estimate of drug-likeness (QED) is 0.739. The topological polar surface area (TPSA) is 91.4 Å². The SMILES string of the molecule is C[C@H](NC(=O)CNC(=O)c1ccc(N2CCCC2=O)cc1)c1nc(C(C)(C)C)cs1. The molecule has 1 saturated heterocycles. The number of carbonyl (C=O) groups is 3. The van der Waals surface area contributed by atoms with Gasteiger partial charge in [0.15, 0.2) is 0 Å². The van der Waals surface area contributed by atoms with E-state index in [2.05, 4.69) is 36.4 Å². The van der Waals surface area contributed by atoms with Crippen LogP contribution in [0.1, 0.15) is 67.6 Å². The Labute approximate surface area is 180 Å². The molecule has 0 radical (unpaired) electrons. The summed E-state index contributed by atoms with van der Waals surface area (Å²) in [7, 11) is 0. The number of aromatic nitrogens is 1. The van der Waals surface area contributed by atoms with Gasteiger partial charge in [-0.1, -0.05) is 20.8 Å². The molecule has 3 rings (SSSR count). The van der Waals surface area contributed by atoms with E-state index in [0.717, 1.165) is 22.8 Å². The molecule has 8 heteroatoms. The van der Waals surface area contributed by atoms with E-state index in [0.29, 0.717) is 18.5 Å². The molecule has 0 bridgehead atoms. The highest BCUT2D eigenvalue weighted by Gasteiger charge is 2.22. The molecule has 1 aliphatic heterocycles. The molecule has 3 amide bonds. The van der Waals surface area contributed by atoms with Crippen molar-refractivity contribution >= 4 is 34.7 Å². The highest BCUT2D eigenvalue weighted by molar-refractivity contribution is 7.09. The number of thiazole rings is 1. The van der Waals surface area contributed by atoms with Gasteiger partial charge in [-0.3, -0.25) is 14.4 Å². The first-order valence-corrected chi connectivity index (χ1v) is 11.0. The summed E-state index contributed by atoms with van der Waals surface area (Å²) < 4.78 is 0. The molecule has 160 valence electrons. The minimum atomic E-state index is -0.332. The Hall–Kier alpha value is -2.74. The lowest BCUT2D eigenvalue weighted by molar-refractivity contribution is -0.120. The van der Waals surface area contributed by atoms with Crippen molar-refractivity contribution < 1.29 is 14.4 Å². The first-order chi connectivity index (χ1) is 14.1. The lowest BCUT2D eigenvalue weighted by Crippen LogP contribution is -2.38. The van der Waals surface area contributed by atoms with Crippen molar-refractivity contribution in [3.63, 3.8) is 0 Å². The van der Waals surface area contributed by atoms with Gasteiger partial charge in [0, 0.05) is 35.0 Å². The van der Waals surface area contributed by atoms with Crippen LogP contribution in [0.3, 0.4) is 0 Å². The van der Waals surface area contributed by atoms with Crippen LogP contribution in [0, 0.1) is 0 Å². The molecular weight excluding hydrogens is 400 g/mol. The summed E-state index contributed by atoms with van der Waals surface area (Å²) in [6.45, 7) is 8.76. The number of carbonyl (C=O) groups excluding carboxylic acids is 3. The lowest BCUT2D eigenvalue weighted by atomic mass is 9.93. The number of anilines is 1. The zero-order valence-corrected chi connectivity index (χ0v) is 18.6. The van der Waals surface area contributed by atoms with Gasteiger partial charge in [-0.25, -0.2) is 4.98 Å². The van der Waals surface area contributed by atoms with E-state index in [1.165, 1.54) is 11.3 Å². The maximum atomic E-state index is 12.3. The van der Waals surface area contributed by atoms with Gasteiger partial charge >= 0.3 is 0 Å². The predicted octanol–water partition coefficient (Wildman–Crippen LogP) is 3.17. The van der Waals surface area contributed by atoms with Crippen LogP contribution in [0.5, 0.6) is 0 Å². The summed E-state index contributed by atoms with van der Waals surface area (Å²) >= 11 is 1.52. The van der Waals surface area contributed by atoms with E-state index < -0.39 is 0 Å². The molecule has 2 heterocycles. The number of amides is 3. The standard InChI is InChI=1S/C22H28N4O3S/c1-14(21-25-17(13-30-21)22(2,3)4)24-18(27)12-23-20(29)15-7-9-16(10-8-15)26-11-5-6-19(26)28/h7-10,13-14H,5-6,11-12H2,1-4H3,(H,23,29)(H,24,27)/t14-/m0/s1. The Kier molecular flexibility index (Phi) is 6.55. The van der Waals surface area contributed by atoms with Gasteiger partial charge in [-0.05, 0) is 37.6 Å². The van der Waals surface area contributed by atoms with Crippen molar-refractivity contribution in [2.75, 3.05) is 18.0 Å². The molecule has 2 aromatic rings. The van der Waals surface area contributed by atoms with Gasteiger partial charge in [0.1, 0.15) is 5.01 Å². The van der Waals surface area contributed by atoms with Crippen molar-refractivity contribution in [1.82, 2.24) is 15.6 Å². The molecule has 1 aromatic carbocycles. The molecule has 30 heavy (non-hydrogen) atoms. The Morgan fingerprint density at radius 1 is 1.23 bits per heavy atom. The van der Waals surface area contributed by atoms with Crippen LogP contribution >= 0.6 is 11.3 Å². The zero-order chi connectivity index (χ0) is 21.9. The predicted molar refractivity (Wildman–Crippen MR) is 118 cm³/mol. The van der Waals surface area contributed by atoms with Gasteiger partial charge in [-0.2, -0.15) is 0 Å². The molecule has 2 N–H and O–H groups in total. The molecule has 1 aromatic heterocycles. The average molecular weight is 429 g/mol. The van der Waals surface area contributed by atoms with E-state index in [-0.39, 0.29) is 35.7 Å². The number of rotatable bonds is 6. The van der Waals surface area contributed by atoms with Gasteiger partial charge < -0.3 is 15.5 Å². The Balaban J connectivity index is 1.50. The third kappa shape index (κ3) is 5.24. The van der Waals surface area contributed by atoms with Gasteiger partial charge in [0.2, 0.25) is 11.8 Å². The maximum Gasteiger partial charge on any atom is 0.251 e. The van der Waals surface area contributed by atoms with E-state index in [4.69, 9.17) is 0 Å². The summed E-state index contributed by atoms with van der Waals surface area (Å²) in [5.74, 6) is -0.503. The number of hydrogen-bond donors (Lipinski definition) is 2. The third-order valence-electron chi connectivity index (χ3n) is 4.96. The second kappa shape index (κ2) is 8.95. The summed E-state index contributed by atoms with van der Waals surface area (Å²) in [4.78, 5) is 42.7. The van der Waals surface area contributed by atoms with Crippen LogP contribution in [-0.2, 0) is 15.0 Å². The summed E-state index contributed by atoms with van der Waals surface area (Å²) in [6.07, 6.45) is 1.42. The van der Waals surface area contributed by atoms with Crippen molar-refractivity contribution in [3.8, 4) is 0 Å². The van der Waals surface area contributed by atoms with E-state index in [1.54, 1.807) is 29.2 Å². The first-order valence-electron chi connectivity index (χ1n) is 10.1. The zero-order valence-electron chi connectivity index (χ0n) is 17.8. The van der Waals surface area contributed by atoms with Gasteiger partial charge in [0.05, 0.1) is 18.3 Å². The minimum Gasteiger partial charge on any atom is -0.346 e. The summed E-state index contributed by atoms with van der Waals surface area (Å²) in [5.41, 5.74) is 2.19. The number of nitrogens with one attached hydrogen (secondary N) is 2. The van der Waals surface area contributed by atoms with E-state index in [1.807, 2.05) is 12.3 Å². The lowest BCUT2D eigenvalue weighted by Gasteiger charge is -2.16. The van der Waals surface area contributed by atoms with E-state index in [9.17, 15) is 14.4 Å². The number of hydrogen-bond acceptors (Lipinski definition) is 5. The van der Waals surface area contributed by atoms with Crippen LogP contribution in [0.15, 0.2) is 29.6 Å². The molecule has 0 saturated carbocycles. The van der Waals surface area contributed by atoms with Crippen LogP contribution in [0.4, 0.5) is 5.69 Å². The fourth-order valence-electron chi connectivity index (χ4n) is 3.16. The van der Waals surface area contributed by atoms with Crippen LogP contribution in [0.2, 0.25) is 0 Å². The molecule has 0 unspecified atom stereocenters. The highest BCUT2D eigenvalue weighted by Crippen LogP contribution is 2.26.